The van der Waals surface area contributed by atoms with Crippen molar-refractivity contribution in [3.05, 3.63) is 101 Å². The Labute approximate surface area is 284 Å². The number of likely N-dealkylation sites (tertiary alicyclic amines) is 1. The summed E-state index contributed by atoms with van der Waals surface area (Å²) in [7, 11) is 4.98. The van der Waals surface area contributed by atoms with E-state index in [-0.39, 0.29) is 12.6 Å². The highest BCUT2D eigenvalue weighted by Gasteiger charge is 2.29. The summed E-state index contributed by atoms with van der Waals surface area (Å²) in [6, 6.07) is 22.9. The van der Waals surface area contributed by atoms with Gasteiger partial charge in [-0.25, -0.2) is 9.59 Å². The summed E-state index contributed by atoms with van der Waals surface area (Å²) in [5, 5.41) is 0. The quantitative estimate of drug-likeness (QED) is 0.114. The Hall–Kier alpha value is -4.34. The molecule has 9 nitrogen and oxygen atoms in total. The summed E-state index contributed by atoms with van der Waals surface area (Å²) in [6.07, 6.45) is 6.69. The summed E-state index contributed by atoms with van der Waals surface area (Å²) < 4.78 is 27.4. The molecular weight excluding hydrogens is 608 g/mol. The minimum Gasteiger partial charge on any atom is -0.497 e. The third kappa shape index (κ3) is 9.84. The molecule has 48 heavy (non-hydrogen) atoms. The van der Waals surface area contributed by atoms with Gasteiger partial charge < -0.3 is 28.6 Å². The van der Waals surface area contributed by atoms with Crippen LogP contribution >= 0.6 is 0 Å². The normalized spacial score (nSPS) is 18.0. The molecule has 256 valence electrons. The number of nitrogens with zero attached hydrogens (tertiary/aromatic N) is 2. The van der Waals surface area contributed by atoms with E-state index < -0.39 is 11.9 Å². The number of carbonyl (C=O) groups is 2. The molecule has 0 N–H and O–H groups in total. The van der Waals surface area contributed by atoms with E-state index in [1.54, 1.807) is 21.3 Å². The summed E-state index contributed by atoms with van der Waals surface area (Å²) >= 11 is 0. The largest absolute Gasteiger partial charge is 0.497 e. The lowest BCUT2D eigenvalue weighted by Crippen LogP contribution is -2.37. The Morgan fingerprint density at radius 2 is 1.54 bits per heavy atom. The molecule has 0 bridgehead atoms. The molecule has 1 fully saturated rings. The minimum atomic E-state index is -0.546. The average Bonchev–Trinajstić information content (AvgIpc) is 3.59. The predicted molar refractivity (Wildman–Crippen MR) is 185 cm³/mol. The molecule has 2 unspecified atom stereocenters. The summed E-state index contributed by atoms with van der Waals surface area (Å²) in [5.74, 6) is 1.51. The molecule has 9 heteroatoms. The molecule has 0 aliphatic carbocycles. The Kier molecular flexibility index (Phi) is 12.9. The highest BCUT2D eigenvalue weighted by Crippen LogP contribution is 2.39. The van der Waals surface area contributed by atoms with E-state index >= 15 is 0 Å². The van der Waals surface area contributed by atoms with E-state index in [1.165, 1.54) is 28.3 Å². The minimum absolute atomic E-state index is 0.114. The first kappa shape index (κ1) is 35.0. The van der Waals surface area contributed by atoms with Gasteiger partial charge in [0.15, 0.2) is 11.5 Å². The van der Waals surface area contributed by atoms with Crippen molar-refractivity contribution in [2.24, 2.45) is 5.92 Å². The first-order valence-electron chi connectivity index (χ1n) is 16.9. The number of ether oxygens (including phenoxy) is 5. The molecule has 0 saturated carbocycles. The Morgan fingerprint density at radius 3 is 2.27 bits per heavy atom. The maximum Gasteiger partial charge on any atom is 0.331 e. The van der Waals surface area contributed by atoms with E-state index in [1.807, 2.05) is 18.2 Å². The van der Waals surface area contributed by atoms with Crippen LogP contribution in [0.5, 0.6) is 17.2 Å². The van der Waals surface area contributed by atoms with Gasteiger partial charge in [0, 0.05) is 50.3 Å². The van der Waals surface area contributed by atoms with Crippen molar-refractivity contribution in [1.82, 2.24) is 9.80 Å². The topological polar surface area (TPSA) is 86.8 Å². The third-order valence-electron chi connectivity index (χ3n) is 9.28. The SMILES string of the molecule is COc1ccc(CC2c3cc(OC)c(OC)cc3CCN2CCCOC(=O)/C=C\C(=O)OCC2CCN(CCc3ccccc3)C2)cc1. The third-order valence-corrected chi connectivity index (χ3v) is 9.28. The van der Waals surface area contributed by atoms with Gasteiger partial charge >= 0.3 is 11.9 Å². The van der Waals surface area contributed by atoms with Crippen LogP contribution in [0, 0.1) is 5.92 Å². The van der Waals surface area contributed by atoms with Crippen LogP contribution in [-0.4, -0.2) is 89.0 Å². The molecule has 2 aliphatic heterocycles. The second-order valence-corrected chi connectivity index (χ2v) is 12.4. The van der Waals surface area contributed by atoms with Crippen LogP contribution in [0.4, 0.5) is 0 Å². The second kappa shape index (κ2) is 17.7. The smallest absolute Gasteiger partial charge is 0.331 e. The van der Waals surface area contributed by atoms with Gasteiger partial charge in [-0.2, -0.15) is 0 Å². The van der Waals surface area contributed by atoms with E-state index in [0.717, 1.165) is 76.0 Å². The zero-order valence-electron chi connectivity index (χ0n) is 28.4. The molecule has 0 aromatic heterocycles. The molecular formula is C39H48N2O7. The number of carbonyl (C=O) groups excluding carboxylic acids is 2. The number of fused-ring (bicyclic) bond motifs is 1. The molecule has 2 aliphatic rings. The van der Waals surface area contributed by atoms with Crippen LogP contribution < -0.4 is 14.2 Å². The number of hydrogen-bond donors (Lipinski definition) is 0. The highest BCUT2D eigenvalue weighted by molar-refractivity contribution is 5.91. The lowest BCUT2D eigenvalue weighted by atomic mass is 9.88. The van der Waals surface area contributed by atoms with Crippen molar-refractivity contribution < 1.29 is 33.3 Å². The van der Waals surface area contributed by atoms with Crippen LogP contribution in [0.15, 0.2) is 78.9 Å². The number of hydrogen-bond acceptors (Lipinski definition) is 9. The average molecular weight is 657 g/mol. The summed E-state index contributed by atoms with van der Waals surface area (Å²) in [6.45, 7) is 5.15. The maximum absolute atomic E-state index is 12.4. The fourth-order valence-corrected chi connectivity index (χ4v) is 6.63. The fourth-order valence-electron chi connectivity index (χ4n) is 6.63. The molecule has 3 aromatic carbocycles. The molecule has 1 saturated heterocycles. The summed E-state index contributed by atoms with van der Waals surface area (Å²) in [4.78, 5) is 29.5. The van der Waals surface area contributed by atoms with Crippen LogP contribution in [0.1, 0.15) is 41.1 Å². The van der Waals surface area contributed by atoms with Gasteiger partial charge in [-0.05, 0) is 85.2 Å². The van der Waals surface area contributed by atoms with Crippen molar-refractivity contribution in [2.45, 2.75) is 38.1 Å². The van der Waals surface area contributed by atoms with Gasteiger partial charge in [0.2, 0.25) is 0 Å². The van der Waals surface area contributed by atoms with Crippen molar-refractivity contribution >= 4 is 11.9 Å². The van der Waals surface area contributed by atoms with Crippen molar-refractivity contribution in [1.29, 1.82) is 0 Å². The van der Waals surface area contributed by atoms with Gasteiger partial charge in [0.1, 0.15) is 5.75 Å². The predicted octanol–water partition coefficient (Wildman–Crippen LogP) is 5.45. The molecule has 0 spiro atoms. The number of esters is 2. The zero-order valence-corrected chi connectivity index (χ0v) is 28.4. The van der Waals surface area contributed by atoms with Crippen molar-refractivity contribution in [3.8, 4) is 17.2 Å². The van der Waals surface area contributed by atoms with Crippen LogP contribution in [0.3, 0.4) is 0 Å². The van der Waals surface area contributed by atoms with Crippen LogP contribution in [0.2, 0.25) is 0 Å². The van der Waals surface area contributed by atoms with Gasteiger partial charge in [0.05, 0.1) is 34.5 Å². The Bertz CT molecular complexity index is 1510. The van der Waals surface area contributed by atoms with Crippen LogP contribution in [0.25, 0.3) is 0 Å². The monoisotopic (exact) mass is 656 g/mol. The van der Waals surface area contributed by atoms with E-state index in [0.29, 0.717) is 24.7 Å². The van der Waals surface area contributed by atoms with E-state index in [4.69, 9.17) is 23.7 Å². The first-order chi connectivity index (χ1) is 23.4. The number of rotatable bonds is 16. The highest BCUT2D eigenvalue weighted by atomic mass is 16.5. The first-order valence-corrected chi connectivity index (χ1v) is 16.9. The van der Waals surface area contributed by atoms with E-state index in [2.05, 4.69) is 58.3 Å². The van der Waals surface area contributed by atoms with E-state index in [9.17, 15) is 9.59 Å². The molecule has 3 aromatic rings. The summed E-state index contributed by atoms with van der Waals surface area (Å²) in [5.41, 5.74) is 4.99. The number of methoxy groups -OCH3 is 3. The van der Waals surface area contributed by atoms with Crippen molar-refractivity contribution in [2.75, 3.05) is 67.3 Å². The van der Waals surface area contributed by atoms with Gasteiger partial charge in [-0.3, -0.25) is 4.90 Å². The standard InChI is InChI=1S/C39H48N2O7/c1-44-33-12-10-30(11-13-33)24-35-34-26-37(46-3)36(45-2)25-32(34)18-22-41(35)19-7-23-47-38(42)14-15-39(43)48-28-31-17-21-40(27-31)20-16-29-8-5-4-6-9-29/h4-6,8-15,25-26,31,35H,7,16-24,27-28H2,1-3H3/b15-14-. The molecule has 5 rings (SSSR count). The maximum atomic E-state index is 12.4. The van der Waals surface area contributed by atoms with Crippen LogP contribution in [-0.2, 0) is 38.3 Å². The number of benzene rings is 3. The molecule has 2 heterocycles. The fraction of sp³-hybridized carbons (Fsp3) is 0.436. The Morgan fingerprint density at radius 1 is 0.812 bits per heavy atom. The second-order valence-electron chi connectivity index (χ2n) is 12.4. The van der Waals surface area contributed by atoms with Gasteiger partial charge in [-0.15, -0.1) is 0 Å². The zero-order chi connectivity index (χ0) is 33.7. The van der Waals surface area contributed by atoms with Crippen molar-refractivity contribution in [3.63, 3.8) is 0 Å². The molecule has 2 atom stereocenters. The molecule has 0 radical (unpaired) electrons. The Balaban J connectivity index is 1.06. The van der Waals surface area contributed by atoms with Gasteiger partial charge in [-0.1, -0.05) is 42.5 Å². The molecule has 0 amide bonds. The lowest BCUT2D eigenvalue weighted by molar-refractivity contribution is -0.141. The van der Waals surface area contributed by atoms with Gasteiger partial charge in [0.25, 0.3) is 0 Å². The lowest BCUT2D eigenvalue weighted by Gasteiger charge is -2.38.